The van der Waals surface area contributed by atoms with Crippen LogP contribution in [0.4, 0.5) is 13.2 Å². The van der Waals surface area contributed by atoms with Gasteiger partial charge in [0.25, 0.3) is 0 Å². The summed E-state index contributed by atoms with van der Waals surface area (Å²) >= 11 is 2.26. The molecule has 1 aromatic rings. The molecule has 3 rings (SSSR count). The van der Waals surface area contributed by atoms with Crippen molar-refractivity contribution in [3.63, 3.8) is 0 Å². The summed E-state index contributed by atoms with van der Waals surface area (Å²) in [6.45, 7) is 4.15. The van der Waals surface area contributed by atoms with Crippen LogP contribution in [-0.4, -0.2) is 50.3 Å². The van der Waals surface area contributed by atoms with E-state index in [0.29, 0.717) is 19.4 Å². The fourth-order valence-electron chi connectivity index (χ4n) is 3.78. The first-order chi connectivity index (χ1) is 11.8. The first-order valence-electron chi connectivity index (χ1n) is 8.35. The van der Waals surface area contributed by atoms with E-state index in [1.807, 2.05) is 6.92 Å². The molecule has 9 heteroatoms. The lowest BCUT2D eigenvalue weighted by atomic mass is 9.95. The monoisotopic (exact) mass is 471 g/mol. The SMILES string of the molecule is CC(I)OCC12CCCN1C(COc1cnc(C(F)(F)F)cn1)CC2. The first-order valence-corrected chi connectivity index (χ1v) is 9.59. The third-order valence-corrected chi connectivity index (χ3v) is 5.32. The van der Waals surface area contributed by atoms with E-state index in [1.165, 1.54) is 0 Å². The van der Waals surface area contributed by atoms with Gasteiger partial charge in [-0.3, -0.25) is 4.90 Å². The van der Waals surface area contributed by atoms with Crippen LogP contribution in [0, 0.1) is 0 Å². The van der Waals surface area contributed by atoms with E-state index in [-0.39, 0.29) is 21.6 Å². The van der Waals surface area contributed by atoms with Gasteiger partial charge in [-0.25, -0.2) is 9.97 Å². The van der Waals surface area contributed by atoms with E-state index in [2.05, 4.69) is 37.5 Å². The highest BCUT2D eigenvalue weighted by Gasteiger charge is 2.49. The summed E-state index contributed by atoms with van der Waals surface area (Å²) in [5, 5.41) is 0. The lowest BCUT2D eigenvalue weighted by Gasteiger charge is -2.35. The number of ether oxygens (including phenoxy) is 2. The second-order valence-corrected chi connectivity index (χ2v) is 8.37. The van der Waals surface area contributed by atoms with Gasteiger partial charge in [0.1, 0.15) is 10.7 Å². The molecule has 3 heterocycles. The standard InChI is InChI=1S/C16H21F3IN3O2/c1-11(20)25-10-15-4-2-6-23(15)12(3-5-15)9-24-14-8-21-13(7-22-14)16(17,18)19/h7-8,11-12H,2-6,9-10H2,1H3. The van der Waals surface area contributed by atoms with Crippen LogP contribution in [0.25, 0.3) is 0 Å². The summed E-state index contributed by atoms with van der Waals surface area (Å²) in [5.41, 5.74) is -0.927. The van der Waals surface area contributed by atoms with Crippen LogP contribution in [0.2, 0.25) is 0 Å². The molecule has 0 amide bonds. The van der Waals surface area contributed by atoms with Gasteiger partial charge in [-0.1, -0.05) is 22.6 Å². The minimum Gasteiger partial charge on any atom is -0.475 e. The molecule has 2 saturated heterocycles. The van der Waals surface area contributed by atoms with Crippen molar-refractivity contribution in [3.05, 3.63) is 18.1 Å². The van der Waals surface area contributed by atoms with E-state index in [4.69, 9.17) is 9.47 Å². The molecule has 2 aliphatic rings. The summed E-state index contributed by atoms with van der Waals surface area (Å²) < 4.78 is 49.2. The van der Waals surface area contributed by atoms with Crippen molar-refractivity contribution in [1.29, 1.82) is 0 Å². The lowest BCUT2D eigenvalue weighted by Crippen LogP contribution is -2.47. The molecule has 0 spiro atoms. The number of fused-ring (bicyclic) bond motifs is 1. The van der Waals surface area contributed by atoms with E-state index in [1.54, 1.807) is 0 Å². The molecule has 2 fully saturated rings. The molecule has 0 aromatic carbocycles. The van der Waals surface area contributed by atoms with Gasteiger partial charge in [0.05, 0.1) is 19.0 Å². The zero-order valence-electron chi connectivity index (χ0n) is 13.9. The van der Waals surface area contributed by atoms with Gasteiger partial charge in [-0.05, 0) is 39.2 Å². The number of nitrogens with zero attached hydrogens (tertiary/aromatic N) is 3. The molecule has 2 aliphatic heterocycles. The van der Waals surface area contributed by atoms with Crippen LogP contribution in [-0.2, 0) is 10.9 Å². The van der Waals surface area contributed by atoms with Crippen LogP contribution in [0.1, 0.15) is 38.3 Å². The van der Waals surface area contributed by atoms with Crippen molar-refractivity contribution in [2.45, 2.75) is 54.5 Å². The number of hydrogen-bond acceptors (Lipinski definition) is 5. The molecule has 0 N–H and O–H groups in total. The van der Waals surface area contributed by atoms with Crippen LogP contribution < -0.4 is 4.74 Å². The number of aromatic nitrogens is 2. The van der Waals surface area contributed by atoms with E-state index in [0.717, 1.165) is 38.4 Å². The molecule has 0 bridgehead atoms. The van der Waals surface area contributed by atoms with Crippen molar-refractivity contribution in [1.82, 2.24) is 14.9 Å². The summed E-state index contributed by atoms with van der Waals surface area (Å²) in [4.78, 5) is 9.54. The molecule has 140 valence electrons. The Bertz CT molecular complexity index is 585. The molecule has 0 radical (unpaired) electrons. The number of hydrogen-bond donors (Lipinski definition) is 0. The van der Waals surface area contributed by atoms with Crippen LogP contribution in [0.15, 0.2) is 12.4 Å². The van der Waals surface area contributed by atoms with Crippen LogP contribution in [0.3, 0.4) is 0 Å². The Morgan fingerprint density at radius 1 is 1.36 bits per heavy atom. The minimum absolute atomic E-state index is 0.0826. The molecule has 3 unspecified atom stereocenters. The Kier molecular flexibility index (Phi) is 5.74. The molecule has 1 aromatic heterocycles. The van der Waals surface area contributed by atoms with Gasteiger partial charge in [-0.2, -0.15) is 13.2 Å². The normalized spacial score (nSPS) is 28.1. The number of rotatable bonds is 6. The van der Waals surface area contributed by atoms with Gasteiger partial charge >= 0.3 is 6.18 Å². The Hall–Kier alpha value is -0.680. The van der Waals surface area contributed by atoms with Crippen LogP contribution in [0.5, 0.6) is 5.88 Å². The summed E-state index contributed by atoms with van der Waals surface area (Å²) in [6, 6.07) is 0.236. The molecule has 25 heavy (non-hydrogen) atoms. The van der Waals surface area contributed by atoms with Gasteiger partial charge < -0.3 is 9.47 Å². The van der Waals surface area contributed by atoms with Crippen LogP contribution >= 0.6 is 22.6 Å². The summed E-state index contributed by atoms with van der Waals surface area (Å²) in [7, 11) is 0. The van der Waals surface area contributed by atoms with Crippen molar-refractivity contribution >= 4 is 22.6 Å². The van der Waals surface area contributed by atoms with Gasteiger partial charge in [0.15, 0.2) is 5.69 Å². The fourth-order valence-corrected chi connectivity index (χ4v) is 3.96. The maximum Gasteiger partial charge on any atom is 0.434 e. The Morgan fingerprint density at radius 3 is 2.80 bits per heavy atom. The molecular weight excluding hydrogens is 450 g/mol. The Balaban J connectivity index is 1.57. The second-order valence-electron chi connectivity index (χ2n) is 6.62. The maximum atomic E-state index is 12.5. The second kappa shape index (κ2) is 7.51. The number of halogens is 4. The minimum atomic E-state index is -4.48. The highest BCUT2D eigenvalue weighted by molar-refractivity contribution is 14.1. The number of alkyl halides is 4. The highest BCUT2D eigenvalue weighted by atomic mass is 127. The van der Waals surface area contributed by atoms with Crippen molar-refractivity contribution in [3.8, 4) is 5.88 Å². The molecule has 0 saturated carbocycles. The lowest BCUT2D eigenvalue weighted by molar-refractivity contribution is -0.141. The fraction of sp³-hybridized carbons (Fsp3) is 0.750. The topological polar surface area (TPSA) is 47.5 Å². The molecule has 0 aliphatic carbocycles. The van der Waals surface area contributed by atoms with Crippen molar-refractivity contribution in [2.24, 2.45) is 0 Å². The molecule has 5 nitrogen and oxygen atoms in total. The van der Waals surface area contributed by atoms with E-state index >= 15 is 0 Å². The zero-order valence-corrected chi connectivity index (χ0v) is 16.1. The smallest absolute Gasteiger partial charge is 0.434 e. The maximum absolute atomic E-state index is 12.5. The predicted molar refractivity (Wildman–Crippen MR) is 93.7 cm³/mol. The van der Waals surface area contributed by atoms with Gasteiger partial charge in [0.2, 0.25) is 5.88 Å². The van der Waals surface area contributed by atoms with Gasteiger partial charge in [-0.15, -0.1) is 0 Å². The summed E-state index contributed by atoms with van der Waals surface area (Å²) in [6.07, 6.45) is 1.57. The Morgan fingerprint density at radius 2 is 2.16 bits per heavy atom. The third-order valence-electron chi connectivity index (χ3n) is 4.96. The Labute approximate surface area is 158 Å². The quantitative estimate of drug-likeness (QED) is 0.468. The van der Waals surface area contributed by atoms with Crippen molar-refractivity contribution in [2.75, 3.05) is 19.8 Å². The average molecular weight is 471 g/mol. The van der Waals surface area contributed by atoms with E-state index in [9.17, 15) is 13.2 Å². The van der Waals surface area contributed by atoms with E-state index < -0.39 is 11.9 Å². The zero-order chi connectivity index (χ0) is 18.1. The van der Waals surface area contributed by atoms with Gasteiger partial charge in [0, 0.05) is 11.6 Å². The largest absolute Gasteiger partial charge is 0.475 e. The molecular formula is C16H21F3IN3O2. The average Bonchev–Trinajstić information content (AvgIpc) is 3.10. The predicted octanol–water partition coefficient (Wildman–Crippen LogP) is 3.67. The third kappa shape index (κ3) is 4.36. The summed E-state index contributed by atoms with van der Waals surface area (Å²) in [5.74, 6) is 0.127. The molecule has 3 atom stereocenters. The highest BCUT2D eigenvalue weighted by Crippen LogP contribution is 2.43. The first kappa shape index (κ1) is 19.1. The van der Waals surface area contributed by atoms with Crippen molar-refractivity contribution < 1.29 is 22.6 Å².